The topological polar surface area (TPSA) is 12.0 Å². The molecule has 110 valence electrons. The van der Waals surface area contributed by atoms with Crippen molar-refractivity contribution in [2.45, 2.75) is 52.6 Å². The Morgan fingerprint density at radius 3 is 2.55 bits per heavy atom. The van der Waals surface area contributed by atoms with E-state index in [0.29, 0.717) is 26.9 Å². The molecule has 2 fully saturated rings. The zero-order chi connectivity index (χ0) is 14.5. The van der Waals surface area contributed by atoms with Crippen LogP contribution in [0.2, 0.25) is 10.0 Å². The molecule has 20 heavy (non-hydrogen) atoms. The molecule has 0 aromatic heterocycles. The first kappa shape index (κ1) is 14.7. The van der Waals surface area contributed by atoms with E-state index >= 15 is 0 Å². The molecule has 2 aliphatic carbocycles. The molecule has 0 heterocycles. The highest BCUT2D eigenvalue weighted by Crippen LogP contribution is 2.62. The van der Waals surface area contributed by atoms with Crippen molar-refractivity contribution >= 4 is 23.2 Å². The molecular formula is C17H23Cl2N. The first-order valence-corrected chi connectivity index (χ1v) is 8.26. The van der Waals surface area contributed by atoms with Gasteiger partial charge >= 0.3 is 0 Å². The molecule has 1 aromatic carbocycles. The minimum absolute atomic E-state index is 0.392. The highest BCUT2D eigenvalue weighted by Gasteiger charge is 2.58. The third-order valence-electron chi connectivity index (χ3n) is 5.76. The average Bonchev–Trinajstić information content (AvgIpc) is 2.84. The summed E-state index contributed by atoms with van der Waals surface area (Å²) in [5.41, 5.74) is 2.06. The van der Waals surface area contributed by atoms with E-state index in [-0.39, 0.29) is 0 Å². The fourth-order valence-corrected chi connectivity index (χ4v) is 5.00. The van der Waals surface area contributed by atoms with Gasteiger partial charge < -0.3 is 5.32 Å². The SMILES string of the molecule is CC12CCC(C1)C(C)(C)C2NCc1ccc(Cl)c(Cl)c1. The van der Waals surface area contributed by atoms with Gasteiger partial charge in [0.05, 0.1) is 10.0 Å². The van der Waals surface area contributed by atoms with Crippen LogP contribution < -0.4 is 5.32 Å². The zero-order valence-corrected chi connectivity index (χ0v) is 14.0. The highest BCUT2D eigenvalue weighted by molar-refractivity contribution is 6.42. The van der Waals surface area contributed by atoms with Gasteiger partial charge in [-0.15, -0.1) is 0 Å². The van der Waals surface area contributed by atoms with Gasteiger partial charge in [-0.3, -0.25) is 0 Å². The first-order valence-electron chi connectivity index (χ1n) is 7.50. The molecule has 2 aliphatic rings. The molecule has 3 rings (SSSR count). The van der Waals surface area contributed by atoms with Crippen molar-refractivity contribution < 1.29 is 0 Å². The summed E-state index contributed by atoms with van der Waals surface area (Å²) < 4.78 is 0. The summed E-state index contributed by atoms with van der Waals surface area (Å²) in [4.78, 5) is 0. The third kappa shape index (κ3) is 2.28. The lowest BCUT2D eigenvalue weighted by Crippen LogP contribution is -2.49. The van der Waals surface area contributed by atoms with Crippen LogP contribution >= 0.6 is 23.2 Å². The van der Waals surface area contributed by atoms with Gasteiger partial charge in [0.25, 0.3) is 0 Å². The highest BCUT2D eigenvalue weighted by atomic mass is 35.5. The van der Waals surface area contributed by atoms with Gasteiger partial charge in [0.2, 0.25) is 0 Å². The van der Waals surface area contributed by atoms with Crippen LogP contribution in [0.5, 0.6) is 0 Å². The van der Waals surface area contributed by atoms with E-state index in [9.17, 15) is 0 Å². The van der Waals surface area contributed by atoms with E-state index in [1.54, 1.807) is 0 Å². The molecular weight excluding hydrogens is 289 g/mol. The Kier molecular flexibility index (Phi) is 3.60. The molecule has 3 heteroatoms. The molecule has 2 bridgehead atoms. The van der Waals surface area contributed by atoms with Crippen molar-refractivity contribution in [2.75, 3.05) is 0 Å². The molecule has 1 N–H and O–H groups in total. The number of rotatable bonds is 3. The maximum atomic E-state index is 6.10. The largest absolute Gasteiger partial charge is 0.309 e. The van der Waals surface area contributed by atoms with Crippen molar-refractivity contribution in [3.8, 4) is 0 Å². The molecule has 1 aromatic rings. The van der Waals surface area contributed by atoms with Crippen LogP contribution in [0.1, 0.15) is 45.6 Å². The predicted molar refractivity (Wildman–Crippen MR) is 86.3 cm³/mol. The lowest BCUT2D eigenvalue weighted by Gasteiger charge is -2.43. The van der Waals surface area contributed by atoms with Gasteiger partial charge in [-0.1, -0.05) is 50.0 Å². The molecule has 0 aliphatic heterocycles. The van der Waals surface area contributed by atoms with Crippen molar-refractivity contribution in [2.24, 2.45) is 16.7 Å². The summed E-state index contributed by atoms with van der Waals surface area (Å²) in [5.74, 6) is 0.874. The van der Waals surface area contributed by atoms with E-state index in [4.69, 9.17) is 23.2 Å². The van der Waals surface area contributed by atoms with E-state index in [0.717, 1.165) is 12.5 Å². The normalized spacial score (nSPS) is 34.6. The van der Waals surface area contributed by atoms with Crippen molar-refractivity contribution in [1.29, 1.82) is 0 Å². The molecule has 0 amide bonds. The Balaban J connectivity index is 1.73. The predicted octanol–water partition coefficient (Wildman–Crippen LogP) is 5.30. The number of nitrogens with one attached hydrogen (secondary N) is 1. The second kappa shape index (κ2) is 4.90. The molecule has 3 unspecified atom stereocenters. The summed E-state index contributed by atoms with van der Waals surface area (Å²) in [6, 6.07) is 6.50. The second-order valence-electron chi connectivity index (χ2n) is 7.48. The van der Waals surface area contributed by atoms with E-state index in [1.807, 2.05) is 12.1 Å². The van der Waals surface area contributed by atoms with Crippen LogP contribution in [0.3, 0.4) is 0 Å². The summed E-state index contributed by atoms with van der Waals surface area (Å²) in [5, 5.41) is 5.08. The molecule has 0 radical (unpaired) electrons. The molecule has 1 nitrogen and oxygen atoms in total. The Hall–Kier alpha value is -0.240. The third-order valence-corrected chi connectivity index (χ3v) is 6.50. The van der Waals surface area contributed by atoms with Crippen LogP contribution in [0.15, 0.2) is 18.2 Å². The second-order valence-corrected chi connectivity index (χ2v) is 8.29. The summed E-state index contributed by atoms with van der Waals surface area (Å²) in [7, 11) is 0. The minimum Gasteiger partial charge on any atom is -0.309 e. The quantitative estimate of drug-likeness (QED) is 0.799. The minimum atomic E-state index is 0.392. The maximum Gasteiger partial charge on any atom is 0.0595 e. The summed E-state index contributed by atoms with van der Waals surface area (Å²) in [6.07, 6.45) is 4.13. The first-order chi connectivity index (χ1) is 9.33. The molecule has 2 saturated carbocycles. The zero-order valence-electron chi connectivity index (χ0n) is 12.5. The maximum absolute atomic E-state index is 6.10. The van der Waals surface area contributed by atoms with Crippen molar-refractivity contribution in [1.82, 2.24) is 5.32 Å². The lowest BCUT2D eigenvalue weighted by molar-refractivity contribution is 0.108. The number of halogens is 2. The Labute approximate surface area is 132 Å². The van der Waals surface area contributed by atoms with Crippen LogP contribution in [0.4, 0.5) is 0 Å². The van der Waals surface area contributed by atoms with Crippen LogP contribution in [-0.4, -0.2) is 6.04 Å². The number of hydrogen-bond acceptors (Lipinski definition) is 1. The van der Waals surface area contributed by atoms with Gasteiger partial charge in [-0.05, 0) is 53.7 Å². The van der Waals surface area contributed by atoms with Crippen molar-refractivity contribution in [3.05, 3.63) is 33.8 Å². The fraction of sp³-hybridized carbons (Fsp3) is 0.647. The summed E-state index contributed by atoms with van der Waals surface area (Å²) >= 11 is 12.1. The Morgan fingerprint density at radius 2 is 1.95 bits per heavy atom. The average molecular weight is 312 g/mol. The van der Waals surface area contributed by atoms with Gasteiger partial charge in [-0.25, -0.2) is 0 Å². The smallest absolute Gasteiger partial charge is 0.0595 e. The van der Waals surface area contributed by atoms with Crippen LogP contribution in [0, 0.1) is 16.7 Å². The van der Waals surface area contributed by atoms with Crippen LogP contribution in [0.25, 0.3) is 0 Å². The lowest BCUT2D eigenvalue weighted by atomic mass is 9.68. The molecule has 0 saturated heterocycles. The molecule has 3 atom stereocenters. The number of benzene rings is 1. The van der Waals surface area contributed by atoms with Crippen molar-refractivity contribution in [3.63, 3.8) is 0 Å². The van der Waals surface area contributed by atoms with Gasteiger partial charge in [0.15, 0.2) is 0 Å². The van der Waals surface area contributed by atoms with Crippen LogP contribution in [-0.2, 0) is 6.54 Å². The Bertz CT molecular complexity index is 521. The standard InChI is InChI=1S/C17H23Cl2N/c1-16(2)12-6-7-17(3,9-12)15(16)20-10-11-4-5-13(18)14(19)8-11/h4-5,8,12,15,20H,6-7,9-10H2,1-3H3. The molecule has 0 spiro atoms. The van der Waals surface area contributed by atoms with E-state index < -0.39 is 0 Å². The van der Waals surface area contributed by atoms with Gasteiger partial charge in [0.1, 0.15) is 0 Å². The number of fused-ring (bicyclic) bond motifs is 2. The summed E-state index contributed by atoms with van der Waals surface area (Å²) in [6.45, 7) is 8.17. The van der Waals surface area contributed by atoms with Gasteiger partial charge in [-0.2, -0.15) is 0 Å². The van der Waals surface area contributed by atoms with E-state index in [1.165, 1.54) is 24.8 Å². The fourth-order valence-electron chi connectivity index (χ4n) is 4.68. The van der Waals surface area contributed by atoms with E-state index in [2.05, 4.69) is 32.2 Å². The Morgan fingerprint density at radius 1 is 1.20 bits per heavy atom. The monoisotopic (exact) mass is 311 g/mol. The van der Waals surface area contributed by atoms with Gasteiger partial charge in [0, 0.05) is 12.6 Å². The number of hydrogen-bond donors (Lipinski definition) is 1.